The van der Waals surface area contributed by atoms with Crippen molar-refractivity contribution in [2.45, 2.75) is 44.7 Å². The second-order valence-corrected chi connectivity index (χ2v) is 3.50. The molecule has 2 atom stereocenters. The van der Waals surface area contributed by atoms with Crippen LogP contribution in [0, 0.1) is 0 Å². The van der Waals surface area contributed by atoms with Gasteiger partial charge in [0, 0.05) is 18.7 Å². The summed E-state index contributed by atoms with van der Waals surface area (Å²) < 4.78 is 0. The summed E-state index contributed by atoms with van der Waals surface area (Å²) >= 11 is 0. The fraction of sp³-hybridized carbons (Fsp3) is 0.700. The van der Waals surface area contributed by atoms with Crippen molar-refractivity contribution >= 4 is 5.91 Å². The first-order chi connectivity index (χ1) is 6.76. The molecule has 1 aliphatic carbocycles. The first-order valence-electron chi connectivity index (χ1n) is 5.06. The molecule has 4 nitrogen and oxygen atoms in total. The Morgan fingerprint density at radius 3 is 3.07 bits per heavy atom. The van der Waals surface area contributed by atoms with E-state index in [1.165, 1.54) is 6.20 Å². The second-order valence-electron chi connectivity index (χ2n) is 3.50. The van der Waals surface area contributed by atoms with Gasteiger partial charge < -0.3 is 5.32 Å². The van der Waals surface area contributed by atoms with Crippen molar-refractivity contribution in [3.05, 3.63) is 12.8 Å². The number of carbonyl (C=O) groups excluding carboxylic acids is 1. The van der Waals surface area contributed by atoms with Crippen LogP contribution in [0.1, 0.15) is 32.6 Å². The maximum absolute atomic E-state index is 11.1. The van der Waals surface area contributed by atoms with E-state index in [4.69, 9.17) is 0 Å². The van der Waals surface area contributed by atoms with E-state index in [2.05, 4.69) is 22.1 Å². The molecule has 1 fully saturated rings. The topological polar surface area (TPSA) is 53.8 Å². The molecule has 0 aromatic carbocycles. The lowest BCUT2D eigenvalue weighted by Crippen LogP contribution is -2.32. The molecule has 4 heteroatoms. The van der Waals surface area contributed by atoms with Crippen LogP contribution < -0.4 is 5.32 Å². The Balaban J connectivity index is 2.30. The van der Waals surface area contributed by atoms with Gasteiger partial charge in [-0.2, -0.15) is 10.2 Å². The molecule has 0 aromatic heterocycles. The highest BCUT2D eigenvalue weighted by atomic mass is 16.1. The number of hydrogen-bond donors (Lipinski definition) is 1. The van der Waals surface area contributed by atoms with Crippen molar-refractivity contribution in [2.75, 3.05) is 0 Å². The molecule has 1 aliphatic rings. The maximum Gasteiger partial charge on any atom is 0.219 e. The lowest BCUT2D eigenvalue weighted by Gasteiger charge is -2.10. The van der Waals surface area contributed by atoms with Gasteiger partial charge in [-0.15, -0.1) is 0 Å². The molecule has 1 rings (SSSR count). The van der Waals surface area contributed by atoms with Crippen LogP contribution >= 0.6 is 0 Å². The third-order valence-corrected chi connectivity index (χ3v) is 2.40. The number of nitrogens with one attached hydrogen (secondary N) is 1. The van der Waals surface area contributed by atoms with Gasteiger partial charge in [0.05, 0.1) is 6.04 Å². The monoisotopic (exact) mass is 195 g/mol. The third-order valence-electron chi connectivity index (χ3n) is 2.40. The van der Waals surface area contributed by atoms with Gasteiger partial charge in [0.15, 0.2) is 0 Å². The quantitative estimate of drug-likeness (QED) is 0.685. The van der Waals surface area contributed by atoms with Crippen molar-refractivity contribution < 1.29 is 4.79 Å². The molecule has 14 heavy (non-hydrogen) atoms. The number of nitrogens with zero attached hydrogens (tertiary/aromatic N) is 2. The Morgan fingerprint density at radius 1 is 1.64 bits per heavy atom. The normalized spacial score (nSPS) is 26.6. The number of carbonyl (C=O) groups is 1. The zero-order chi connectivity index (χ0) is 10.4. The molecule has 1 N–H and O–H groups in total. The van der Waals surface area contributed by atoms with Crippen LogP contribution in [0.3, 0.4) is 0 Å². The average molecular weight is 195 g/mol. The Kier molecular flexibility index (Phi) is 4.29. The molecule has 1 saturated carbocycles. The molecule has 1 amide bonds. The van der Waals surface area contributed by atoms with Crippen molar-refractivity contribution in [3.8, 4) is 0 Å². The van der Waals surface area contributed by atoms with E-state index in [-0.39, 0.29) is 18.0 Å². The molecule has 78 valence electrons. The number of hydrogen-bond acceptors (Lipinski definition) is 3. The largest absolute Gasteiger partial charge is 0.353 e. The van der Waals surface area contributed by atoms with E-state index in [9.17, 15) is 4.79 Å². The van der Waals surface area contributed by atoms with Gasteiger partial charge >= 0.3 is 0 Å². The van der Waals surface area contributed by atoms with Crippen LogP contribution in [0.2, 0.25) is 0 Å². The van der Waals surface area contributed by atoms with Crippen LogP contribution in [0.4, 0.5) is 0 Å². The lowest BCUT2D eigenvalue weighted by molar-refractivity contribution is -0.121. The first-order valence-corrected chi connectivity index (χ1v) is 5.06. The number of amides is 1. The number of azo groups is 1. The van der Waals surface area contributed by atoms with Gasteiger partial charge in [-0.3, -0.25) is 4.79 Å². The van der Waals surface area contributed by atoms with E-state index in [0.29, 0.717) is 6.42 Å². The molecule has 0 unspecified atom stereocenters. The Hall–Kier alpha value is -1.19. The van der Waals surface area contributed by atoms with E-state index in [1.54, 1.807) is 0 Å². The summed E-state index contributed by atoms with van der Waals surface area (Å²) in [6, 6.07) is 0.548. The summed E-state index contributed by atoms with van der Waals surface area (Å²) in [5.74, 6) is 0.122. The van der Waals surface area contributed by atoms with Crippen molar-refractivity contribution in [1.82, 2.24) is 5.32 Å². The van der Waals surface area contributed by atoms with E-state index in [1.807, 2.05) is 6.92 Å². The fourth-order valence-corrected chi connectivity index (χ4v) is 1.66. The molecule has 0 spiro atoms. The standard InChI is InChI=1S/C10H17N3O/c1-3-10(14)12-8-5-6-9(7-8)13-11-4-2/h4,8-9H,2-3,5-7H2,1H3,(H,12,14)/b13-11+/t8-,9+/m0/s1. The summed E-state index contributed by atoms with van der Waals surface area (Å²) in [5, 5.41) is 10.8. The van der Waals surface area contributed by atoms with Crippen LogP contribution in [-0.2, 0) is 4.79 Å². The van der Waals surface area contributed by atoms with Crippen LogP contribution in [-0.4, -0.2) is 18.0 Å². The Morgan fingerprint density at radius 2 is 2.43 bits per heavy atom. The second kappa shape index (κ2) is 5.52. The molecule has 0 aliphatic heterocycles. The highest BCUT2D eigenvalue weighted by Gasteiger charge is 2.25. The Labute approximate surface area is 84.5 Å². The average Bonchev–Trinajstić information content (AvgIpc) is 2.62. The molecule has 0 radical (unpaired) electrons. The fourth-order valence-electron chi connectivity index (χ4n) is 1.66. The van der Waals surface area contributed by atoms with Gasteiger partial charge in [-0.25, -0.2) is 0 Å². The van der Waals surface area contributed by atoms with Gasteiger partial charge in [0.2, 0.25) is 5.91 Å². The minimum Gasteiger partial charge on any atom is -0.353 e. The predicted octanol–water partition coefficient (Wildman–Crippen LogP) is 2.03. The van der Waals surface area contributed by atoms with E-state index in [0.717, 1.165) is 19.3 Å². The van der Waals surface area contributed by atoms with Crippen LogP contribution in [0.15, 0.2) is 23.0 Å². The summed E-state index contributed by atoms with van der Waals surface area (Å²) in [7, 11) is 0. The van der Waals surface area contributed by atoms with Crippen molar-refractivity contribution in [3.63, 3.8) is 0 Å². The Bertz CT molecular complexity index is 238. The highest BCUT2D eigenvalue weighted by Crippen LogP contribution is 2.22. The number of rotatable bonds is 4. The van der Waals surface area contributed by atoms with Gasteiger partial charge in [-0.1, -0.05) is 13.5 Å². The zero-order valence-corrected chi connectivity index (χ0v) is 8.57. The third kappa shape index (κ3) is 3.28. The molecular weight excluding hydrogens is 178 g/mol. The molecule has 0 aromatic rings. The van der Waals surface area contributed by atoms with Crippen molar-refractivity contribution in [2.24, 2.45) is 10.2 Å². The predicted molar refractivity (Wildman–Crippen MR) is 54.9 cm³/mol. The molecule has 0 heterocycles. The van der Waals surface area contributed by atoms with Gasteiger partial charge in [0.1, 0.15) is 0 Å². The molecule has 0 bridgehead atoms. The molecular formula is C10H17N3O. The zero-order valence-electron chi connectivity index (χ0n) is 8.57. The SMILES string of the molecule is C=C/N=N/[C@@H]1CC[C@H](NC(=O)CC)C1. The first kappa shape index (κ1) is 10.9. The van der Waals surface area contributed by atoms with E-state index >= 15 is 0 Å². The van der Waals surface area contributed by atoms with Crippen LogP contribution in [0.5, 0.6) is 0 Å². The van der Waals surface area contributed by atoms with Crippen molar-refractivity contribution in [1.29, 1.82) is 0 Å². The summed E-state index contributed by atoms with van der Waals surface area (Å²) in [6.45, 7) is 5.33. The maximum atomic E-state index is 11.1. The highest BCUT2D eigenvalue weighted by molar-refractivity contribution is 5.75. The smallest absolute Gasteiger partial charge is 0.219 e. The van der Waals surface area contributed by atoms with E-state index < -0.39 is 0 Å². The van der Waals surface area contributed by atoms with Crippen LogP contribution in [0.25, 0.3) is 0 Å². The minimum atomic E-state index is 0.122. The summed E-state index contributed by atoms with van der Waals surface area (Å²) in [6.07, 6.45) is 4.91. The van der Waals surface area contributed by atoms with Gasteiger partial charge in [0.25, 0.3) is 0 Å². The minimum absolute atomic E-state index is 0.122. The summed E-state index contributed by atoms with van der Waals surface area (Å²) in [5.41, 5.74) is 0. The lowest BCUT2D eigenvalue weighted by atomic mass is 10.2. The summed E-state index contributed by atoms with van der Waals surface area (Å²) in [4.78, 5) is 11.1. The molecule has 0 saturated heterocycles. The van der Waals surface area contributed by atoms with Gasteiger partial charge in [-0.05, 0) is 19.3 Å².